The van der Waals surface area contributed by atoms with E-state index in [0.29, 0.717) is 110 Å². The molecule has 44 heteroatoms. The van der Waals surface area contributed by atoms with Gasteiger partial charge in [-0.1, -0.05) is 66.1 Å². The number of aliphatic hydroxyl groups is 3. The van der Waals surface area contributed by atoms with Crippen LogP contribution in [0.1, 0.15) is 214 Å². The Morgan fingerprint density at radius 1 is 0.397 bits per heavy atom. The predicted molar refractivity (Wildman–Crippen MR) is 554 cm³/mol. The minimum absolute atomic E-state index is 0.0277. The van der Waals surface area contributed by atoms with E-state index in [9.17, 15) is 10.2 Å². The molecule has 12 aromatic rings. The summed E-state index contributed by atoms with van der Waals surface area (Å²) in [5, 5.41) is 78.2. The molecule has 1 atom stereocenters. The summed E-state index contributed by atoms with van der Waals surface area (Å²) < 4.78 is 34.4. The van der Waals surface area contributed by atoms with Crippen molar-refractivity contribution in [2.45, 2.75) is 281 Å². The number of nitrogens with one attached hydrogen (secondary N) is 8. The van der Waals surface area contributed by atoms with Crippen LogP contribution in [0.25, 0.3) is 41.4 Å². The van der Waals surface area contributed by atoms with Crippen LogP contribution >= 0.6 is 45.3 Å². The number of hydrogen-bond donors (Lipinski definition) is 11. The Bertz CT molecular complexity index is 5930. The molecule has 762 valence electrons. The molecule has 16 heterocycles. The minimum Gasteiger partial charge on any atom is -0.394 e. The first-order valence-electron chi connectivity index (χ1n) is 51.7. The first-order chi connectivity index (χ1) is 69.0. The molecular formula is C97H142N32O8S4. The molecule has 1 unspecified atom stereocenters. The molecule has 0 radical (unpaired) electrons. The molecule has 6 aliphatic carbocycles. The van der Waals surface area contributed by atoms with E-state index in [1.54, 1.807) is 71.3 Å². The molecule has 141 heavy (non-hydrogen) atoms. The maximum Gasteiger partial charge on any atom is 0.230 e. The van der Waals surface area contributed by atoms with Crippen molar-refractivity contribution in [2.24, 2.45) is 12.5 Å². The SMILES string of the molecule is CC(O)c1nc2c(NC3CCC(N4CCOCC4)CC3)nc(Nc3cnn(C)c3)nc2s1.CCc1nc2c(NC3CCC(N4CCC5(CC4)CC5)CC3)nc(Nc3cnn(CCOCCO)c3)nc2s1.CCc1nc2c(NC3CCC(N4CCOCC4)CC3)nc(Nc3cnn(C4CCC(O)CC4)c3)nc2s1.CCc1nc2c(NC3CCC(N4CCOCC4)CC3)nc(Nc3cnn(CCOC)c3)nc2s1. The number of thiazole rings is 4. The molecule has 10 fully saturated rings. The van der Waals surface area contributed by atoms with Gasteiger partial charge in [0.2, 0.25) is 23.8 Å². The lowest BCUT2D eigenvalue weighted by Crippen LogP contribution is -2.46. The van der Waals surface area contributed by atoms with Crippen LogP contribution in [-0.2, 0) is 63.1 Å². The van der Waals surface area contributed by atoms with Crippen molar-refractivity contribution in [3.05, 3.63) is 69.6 Å². The van der Waals surface area contributed by atoms with Crippen molar-refractivity contribution < 1.29 is 39.0 Å². The van der Waals surface area contributed by atoms with Crippen LogP contribution in [0.3, 0.4) is 0 Å². The predicted octanol–water partition coefficient (Wildman–Crippen LogP) is 14.3. The van der Waals surface area contributed by atoms with Gasteiger partial charge in [-0.3, -0.25) is 33.4 Å². The third-order valence-electron chi connectivity index (χ3n) is 29.5. The van der Waals surface area contributed by atoms with E-state index < -0.39 is 6.10 Å². The largest absolute Gasteiger partial charge is 0.394 e. The summed E-state index contributed by atoms with van der Waals surface area (Å²) in [7, 11) is 3.56. The normalized spacial score (nSPS) is 24.0. The lowest BCUT2D eigenvalue weighted by atomic mass is 9.87. The number of morpholine rings is 3. The number of nitrogens with zero attached hydrogens (tertiary/aromatic N) is 24. The maximum absolute atomic E-state index is 10.0. The molecular weight excluding hydrogens is 1870 g/mol. The Kier molecular flexibility index (Phi) is 34.2. The van der Waals surface area contributed by atoms with Gasteiger partial charge in [-0.15, -0.1) is 0 Å². The zero-order valence-electron chi connectivity index (χ0n) is 82.5. The first kappa shape index (κ1) is 100. The molecule has 22 rings (SSSR count). The summed E-state index contributed by atoms with van der Waals surface area (Å²) in [5.74, 6) is 5.39. The quantitative estimate of drug-likeness (QED) is 0.0170. The Labute approximate surface area is 839 Å². The second kappa shape index (κ2) is 48.1. The van der Waals surface area contributed by atoms with Crippen LogP contribution in [0, 0.1) is 5.41 Å². The number of hydrogen-bond acceptors (Lipinski definition) is 40. The van der Waals surface area contributed by atoms with Gasteiger partial charge < -0.3 is 86.4 Å². The van der Waals surface area contributed by atoms with E-state index in [1.807, 2.05) is 52.1 Å². The number of likely N-dealkylation sites (tertiary alicyclic amines) is 1. The fourth-order valence-electron chi connectivity index (χ4n) is 21.2. The number of aliphatic hydroxyl groups excluding tert-OH is 3. The van der Waals surface area contributed by atoms with Gasteiger partial charge in [0.15, 0.2) is 42.6 Å². The monoisotopic (exact) mass is 2010 g/mol. The summed E-state index contributed by atoms with van der Waals surface area (Å²) in [6.07, 6.45) is 44.8. The van der Waals surface area contributed by atoms with Gasteiger partial charge in [-0.2, -0.15) is 60.3 Å². The van der Waals surface area contributed by atoms with Crippen LogP contribution in [0.5, 0.6) is 0 Å². The number of methoxy groups -OCH3 is 1. The lowest BCUT2D eigenvalue weighted by Gasteiger charge is -2.41. The molecule has 11 N–H and O–H groups in total. The highest BCUT2D eigenvalue weighted by atomic mass is 32.1. The van der Waals surface area contributed by atoms with Crippen molar-refractivity contribution in [3.63, 3.8) is 0 Å². The standard InChI is InChI=1S/C27H40N8O2S.C26H38N8O2S.C23H34N8O2S.C21H30N8O2S/c1-2-22-31-23-24(29-19-3-5-21(6-4-19)34-11-9-27(7-8-27)10-12-34)32-26(33-25(23)38-22)30-20-17-28-35(18-20)13-15-37-16-14-36;1-2-22-30-23-24(28-17-3-5-19(6-4-17)33-11-13-36-14-12-33)31-26(32-25(23)37-22)29-18-15-27-34(16-18)20-7-9-21(35)10-8-20;1-3-19-27-20-21(25-16-4-6-18(7-5-16)30-8-12-33-13-9-30)28-23(29-22(20)34-19)26-17-14-24-31(15-17)10-11-32-2;1-13(30)19-25-17-18(23-14-3-5-16(6-4-14)29-7-9-31-10-8-29)26-21(27-20(17)32-19)24-15-11-22-28(2)12-15/h17-19,21,36H,2-16H2,1H3,(H2,29,30,32,33);15-17,19-21,35H,2-14H2,1H3,(H2,28,29,31,32);14-16,18H,3-13H2,1-2H3,(H2,25,26,28,29);11-14,16,30H,3-10H2,1-2H3,(H2,23,24,26,27). The number of rotatable bonds is 33. The molecule has 4 aliphatic heterocycles. The molecule has 10 aliphatic rings. The highest BCUT2D eigenvalue weighted by Crippen LogP contribution is 2.54. The van der Waals surface area contributed by atoms with E-state index in [-0.39, 0.29) is 12.7 Å². The van der Waals surface area contributed by atoms with Gasteiger partial charge in [0.1, 0.15) is 33.2 Å². The number of fused-ring (bicyclic) bond motifs is 4. The average molecular weight is 2010 g/mol. The third kappa shape index (κ3) is 26.5. The highest BCUT2D eigenvalue weighted by molar-refractivity contribution is 7.19. The molecule has 40 nitrogen and oxygen atoms in total. The van der Waals surface area contributed by atoms with Gasteiger partial charge in [0.25, 0.3) is 0 Å². The van der Waals surface area contributed by atoms with Crippen LogP contribution in [0.15, 0.2) is 49.6 Å². The number of ether oxygens (including phenoxy) is 5. The van der Waals surface area contributed by atoms with Gasteiger partial charge in [0, 0.05) is 127 Å². The molecule has 6 saturated carbocycles. The number of aromatic nitrogens is 20. The second-order valence-electron chi connectivity index (χ2n) is 39.3. The zero-order chi connectivity index (χ0) is 96.6. The second-order valence-corrected chi connectivity index (χ2v) is 43.5. The Hall–Kier alpha value is -9.36. The van der Waals surface area contributed by atoms with E-state index in [4.69, 9.17) is 78.6 Å². The molecule has 0 amide bonds. The van der Waals surface area contributed by atoms with Crippen LogP contribution < -0.4 is 42.5 Å². The molecule has 4 saturated heterocycles. The summed E-state index contributed by atoms with van der Waals surface area (Å²) in [4.78, 5) is 71.5. The van der Waals surface area contributed by atoms with Crippen LogP contribution in [0.2, 0.25) is 0 Å². The number of piperidine rings is 1. The van der Waals surface area contributed by atoms with Gasteiger partial charge in [-0.25, -0.2) is 19.9 Å². The Balaban J connectivity index is 0.000000120. The number of aryl methyl sites for hydroxylation is 4. The third-order valence-corrected chi connectivity index (χ3v) is 33.9. The summed E-state index contributed by atoms with van der Waals surface area (Å²) in [6.45, 7) is 25.0. The minimum atomic E-state index is -0.638. The van der Waals surface area contributed by atoms with Crippen LogP contribution in [-0.4, -0.2) is 314 Å². The van der Waals surface area contributed by atoms with E-state index >= 15 is 0 Å². The van der Waals surface area contributed by atoms with E-state index in [1.165, 1.54) is 101 Å². The smallest absolute Gasteiger partial charge is 0.230 e. The summed E-state index contributed by atoms with van der Waals surface area (Å²) in [5.41, 5.74) is 7.47. The van der Waals surface area contributed by atoms with Crippen molar-refractivity contribution in [1.82, 2.24) is 119 Å². The Morgan fingerprint density at radius 2 is 0.745 bits per heavy atom. The Morgan fingerprint density at radius 3 is 1.11 bits per heavy atom. The highest BCUT2D eigenvalue weighted by Gasteiger charge is 2.46. The van der Waals surface area contributed by atoms with Crippen molar-refractivity contribution in [3.8, 4) is 0 Å². The number of anilines is 12. The fraction of sp³-hybridized carbons (Fsp3) is 0.670. The topological polar surface area (TPSA) is 442 Å². The zero-order valence-corrected chi connectivity index (χ0v) is 85.7. The average Bonchev–Trinajstić information content (AvgIpc) is 1.54. The van der Waals surface area contributed by atoms with Gasteiger partial charge in [-0.05, 0) is 199 Å². The van der Waals surface area contributed by atoms with Crippen molar-refractivity contribution in [1.29, 1.82) is 0 Å². The lowest BCUT2D eigenvalue weighted by molar-refractivity contribution is 0.00788. The van der Waals surface area contributed by atoms with E-state index in [0.717, 1.165) is 289 Å². The van der Waals surface area contributed by atoms with Gasteiger partial charge >= 0.3 is 0 Å². The molecule has 12 aromatic heterocycles. The molecule has 0 aromatic carbocycles. The van der Waals surface area contributed by atoms with E-state index in [2.05, 4.69) is 113 Å². The summed E-state index contributed by atoms with van der Waals surface area (Å²) in [6, 6.07) is 4.59. The fourth-order valence-corrected chi connectivity index (χ4v) is 24.7. The molecule has 1 spiro atoms. The maximum atomic E-state index is 10.0. The van der Waals surface area contributed by atoms with Crippen LogP contribution in [0.4, 0.5) is 69.8 Å². The summed E-state index contributed by atoms with van der Waals surface area (Å²) >= 11 is 6.31. The molecule has 0 bridgehead atoms. The van der Waals surface area contributed by atoms with Gasteiger partial charge in [0.05, 0.1) is 154 Å². The van der Waals surface area contributed by atoms with Crippen molar-refractivity contribution >= 4 is 157 Å². The van der Waals surface area contributed by atoms with Crippen molar-refractivity contribution in [2.75, 3.05) is 168 Å². The first-order valence-corrected chi connectivity index (χ1v) is 55.0.